The summed E-state index contributed by atoms with van der Waals surface area (Å²) in [6.45, 7) is 5.82. The SMILES string of the molecule is CC(C)Oc1cccc(CC(=O)OC(C)C(=O)N(CCC#N)Cc2ccco2)c1. The first-order valence-electron chi connectivity index (χ1n) is 9.52. The number of hydrogen-bond acceptors (Lipinski definition) is 6. The van der Waals surface area contributed by atoms with E-state index in [0.29, 0.717) is 11.5 Å². The molecule has 0 fully saturated rings. The van der Waals surface area contributed by atoms with Crippen molar-refractivity contribution in [2.24, 2.45) is 0 Å². The Morgan fingerprint density at radius 3 is 2.66 bits per heavy atom. The zero-order chi connectivity index (χ0) is 21.2. The van der Waals surface area contributed by atoms with Crippen LogP contribution < -0.4 is 4.74 Å². The maximum absolute atomic E-state index is 12.7. The number of rotatable bonds is 10. The molecule has 1 unspecified atom stereocenters. The van der Waals surface area contributed by atoms with Gasteiger partial charge >= 0.3 is 5.97 Å². The number of esters is 1. The van der Waals surface area contributed by atoms with Crippen molar-refractivity contribution in [2.45, 2.75) is 52.4 Å². The molecule has 0 bridgehead atoms. The van der Waals surface area contributed by atoms with E-state index in [0.717, 1.165) is 5.56 Å². The fourth-order valence-electron chi connectivity index (χ4n) is 2.76. The monoisotopic (exact) mass is 398 g/mol. The van der Waals surface area contributed by atoms with E-state index in [2.05, 4.69) is 0 Å². The van der Waals surface area contributed by atoms with Crippen molar-refractivity contribution in [3.05, 3.63) is 54.0 Å². The molecular formula is C22H26N2O5. The topological polar surface area (TPSA) is 92.8 Å². The minimum atomic E-state index is -0.966. The van der Waals surface area contributed by atoms with Gasteiger partial charge < -0.3 is 18.8 Å². The van der Waals surface area contributed by atoms with Crippen LogP contribution in [0.15, 0.2) is 47.1 Å². The molecule has 0 saturated heterocycles. The Morgan fingerprint density at radius 1 is 1.21 bits per heavy atom. The molecule has 0 aliphatic carbocycles. The normalized spacial score (nSPS) is 11.6. The lowest BCUT2D eigenvalue weighted by atomic mass is 10.1. The van der Waals surface area contributed by atoms with Gasteiger partial charge in [0.25, 0.3) is 5.91 Å². The Hall–Kier alpha value is -3.27. The first-order valence-corrected chi connectivity index (χ1v) is 9.52. The Labute approximate surface area is 170 Å². The first kappa shape index (κ1) is 22.0. The van der Waals surface area contributed by atoms with E-state index >= 15 is 0 Å². The summed E-state index contributed by atoms with van der Waals surface area (Å²) in [5.74, 6) is 0.389. The van der Waals surface area contributed by atoms with E-state index in [1.165, 1.54) is 18.1 Å². The lowest BCUT2D eigenvalue weighted by Crippen LogP contribution is -2.40. The molecule has 0 spiro atoms. The van der Waals surface area contributed by atoms with Crippen LogP contribution in [0.1, 0.15) is 38.5 Å². The molecule has 1 aromatic carbocycles. The highest BCUT2D eigenvalue weighted by Gasteiger charge is 2.24. The van der Waals surface area contributed by atoms with Gasteiger partial charge in [0.15, 0.2) is 6.10 Å². The molecule has 1 heterocycles. The highest BCUT2D eigenvalue weighted by atomic mass is 16.5. The highest BCUT2D eigenvalue weighted by Crippen LogP contribution is 2.16. The molecule has 1 aromatic heterocycles. The summed E-state index contributed by atoms with van der Waals surface area (Å²) >= 11 is 0. The molecule has 1 atom stereocenters. The molecule has 0 aliphatic rings. The van der Waals surface area contributed by atoms with Gasteiger partial charge in [-0.2, -0.15) is 5.26 Å². The Kier molecular flexibility index (Phi) is 8.28. The Balaban J connectivity index is 1.95. The average molecular weight is 398 g/mol. The second-order valence-corrected chi connectivity index (χ2v) is 6.87. The number of carbonyl (C=O) groups excluding carboxylic acids is 2. The van der Waals surface area contributed by atoms with Crippen LogP contribution in [0.3, 0.4) is 0 Å². The van der Waals surface area contributed by atoms with Gasteiger partial charge in [0.1, 0.15) is 11.5 Å². The number of amides is 1. The molecule has 1 amide bonds. The van der Waals surface area contributed by atoms with Crippen LogP contribution in [0.2, 0.25) is 0 Å². The van der Waals surface area contributed by atoms with Crippen LogP contribution in [-0.4, -0.2) is 35.5 Å². The number of nitriles is 1. The highest BCUT2D eigenvalue weighted by molar-refractivity contribution is 5.84. The summed E-state index contributed by atoms with van der Waals surface area (Å²) in [5, 5.41) is 8.84. The fourth-order valence-corrected chi connectivity index (χ4v) is 2.76. The van der Waals surface area contributed by atoms with Gasteiger partial charge in [0, 0.05) is 6.54 Å². The summed E-state index contributed by atoms with van der Waals surface area (Å²) in [6.07, 6.45) is 0.789. The third-order valence-electron chi connectivity index (χ3n) is 4.01. The van der Waals surface area contributed by atoms with Crippen molar-refractivity contribution < 1.29 is 23.5 Å². The van der Waals surface area contributed by atoms with Gasteiger partial charge in [-0.05, 0) is 50.6 Å². The number of furan rings is 1. The molecular weight excluding hydrogens is 372 g/mol. The molecule has 0 saturated carbocycles. The third kappa shape index (κ3) is 7.34. The maximum Gasteiger partial charge on any atom is 0.311 e. The van der Waals surface area contributed by atoms with E-state index in [-0.39, 0.29) is 37.9 Å². The lowest BCUT2D eigenvalue weighted by molar-refractivity contribution is -0.159. The van der Waals surface area contributed by atoms with Crippen LogP contribution in [0.25, 0.3) is 0 Å². The van der Waals surface area contributed by atoms with E-state index in [4.69, 9.17) is 19.2 Å². The predicted octanol–water partition coefficient (Wildman–Crippen LogP) is 3.48. The van der Waals surface area contributed by atoms with Crippen LogP contribution in [0.5, 0.6) is 5.75 Å². The van der Waals surface area contributed by atoms with E-state index in [1.54, 1.807) is 24.3 Å². The maximum atomic E-state index is 12.7. The van der Waals surface area contributed by atoms with Gasteiger partial charge in [-0.1, -0.05) is 12.1 Å². The average Bonchev–Trinajstić information content (AvgIpc) is 3.17. The van der Waals surface area contributed by atoms with Crippen molar-refractivity contribution in [3.63, 3.8) is 0 Å². The minimum absolute atomic E-state index is 0.0309. The van der Waals surface area contributed by atoms with Crippen molar-refractivity contribution in [1.29, 1.82) is 5.26 Å². The molecule has 7 heteroatoms. The minimum Gasteiger partial charge on any atom is -0.491 e. The smallest absolute Gasteiger partial charge is 0.311 e. The Morgan fingerprint density at radius 2 is 2.00 bits per heavy atom. The summed E-state index contributed by atoms with van der Waals surface area (Å²) in [6, 6.07) is 12.7. The molecule has 0 aliphatic heterocycles. The van der Waals surface area contributed by atoms with E-state index < -0.39 is 12.1 Å². The molecule has 0 N–H and O–H groups in total. The molecule has 29 heavy (non-hydrogen) atoms. The second-order valence-electron chi connectivity index (χ2n) is 6.87. The second kappa shape index (κ2) is 10.9. The predicted molar refractivity (Wildman–Crippen MR) is 106 cm³/mol. The number of benzene rings is 1. The molecule has 2 rings (SSSR count). The number of nitrogens with zero attached hydrogens (tertiary/aromatic N) is 2. The molecule has 0 radical (unpaired) electrons. The van der Waals surface area contributed by atoms with Crippen molar-refractivity contribution in [2.75, 3.05) is 6.54 Å². The van der Waals surface area contributed by atoms with Crippen LogP contribution in [0.4, 0.5) is 0 Å². The van der Waals surface area contributed by atoms with E-state index in [9.17, 15) is 9.59 Å². The molecule has 2 aromatic rings. The fraction of sp³-hybridized carbons (Fsp3) is 0.409. The zero-order valence-electron chi connectivity index (χ0n) is 17.0. The standard InChI is InChI=1S/C22H26N2O5/c1-16(2)28-19-8-4-7-18(13-19)14-21(25)29-17(3)22(26)24(11-6-10-23)15-20-9-5-12-27-20/h4-5,7-9,12-13,16-17H,6,11,14-15H2,1-3H3. The van der Waals surface area contributed by atoms with Crippen molar-refractivity contribution in [1.82, 2.24) is 4.90 Å². The summed E-state index contributed by atoms with van der Waals surface area (Å²) in [4.78, 5) is 26.5. The van der Waals surface area contributed by atoms with Crippen LogP contribution >= 0.6 is 0 Å². The van der Waals surface area contributed by atoms with Crippen molar-refractivity contribution >= 4 is 11.9 Å². The molecule has 7 nitrogen and oxygen atoms in total. The number of carbonyl (C=O) groups is 2. The number of hydrogen-bond donors (Lipinski definition) is 0. The summed E-state index contributed by atoms with van der Waals surface area (Å²) in [7, 11) is 0. The first-order chi connectivity index (χ1) is 13.9. The largest absolute Gasteiger partial charge is 0.491 e. The lowest BCUT2D eigenvalue weighted by Gasteiger charge is -2.24. The van der Waals surface area contributed by atoms with E-state index in [1.807, 2.05) is 32.0 Å². The number of ether oxygens (including phenoxy) is 2. The zero-order valence-corrected chi connectivity index (χ0v) is 17.0. The third-order valence-corrected chi connectivity index (χ3v) is 4.01. The van der Waals surface area contributed by atoms with Gasteiger partial charge in [0.05, 0.1) is 37.8 Å². The van der Waals surface area contributed by atoms with Crippen molar-refractivity contribution in [3.8, 4) is 11.8 Å². The molecule has 154 valence electrons. The summed E-state index contributed by atoms with van der Waals surface area (Å²) < 4.78 is 16.2. The quantitative estimate of drug-likeness (QED) is 0.569. The van der Waals surface area contributed by atoms with Crippen LogP contribution in [-0.2, 0) is 27.3 Å². The van der Waals surface area contributed by atoms with Gasteiger partial charge in [0.2, 0.25) is 0 Å². The summed E-state index contributed by atoms with van der Waals surface area (Å²) in [5.41, 5.74) is 0.740. The Bertz CT molecular complexity index is 839. The van der Waals surface area contributed by atoms with Gasteiger partial charge in [-0.3, -0.25) is 9.59 Å². The van der Waals surface area contributed by atoms with Gasteiger partial charge in [-0.15, -0.1) is 0 Å². The van der Waals surface area contributed by atoms with Gasteiger partial charge in [-0.25, -0.2) is 0 Å². The van der Waals surface area contributed by atoms with Crippen LogP contribution in [0, 0.1) is 11.3 Å².